The summed E-state index contributed by atoms with van der Waals surface area (Å²) in [6, 6.07) is 1.67. The van der Waals surface area contributed by atoms with Crippen molar-refractivity contribution >= 4 is 0 Å². The molecule has 1 fully saturated rings. The average molecular weight is 239 g/mol. The molecule has 1 aromatic carbocycles. The molecule has 0 spiro atoms. The third kappa shape index (κ3) is 2.52. The van der Waals surface area contributed by atoms with E-state index in [0.29, 0.717) is 23.5 Å². The molecule has 0 aromatic heterocycles. The van der Waals surface area contributed by atoms with Crippen molar-refractivity contribution in [3.8, 4) is 11.5 Å². The minimum atomic E-state index is -0.899. The van der Waals surface area contributed by atoms with Gasteiger partial charge in [0.25, 0.3) is 0 Å². The highest BCUT2D eigenvalue weighted by molar-refractivity contribution is 5.46. The monoisotopic (exact) mass is 239 g/mol. The van der Waals surface area contributed by atoms with E-state index in [0.717, 1.165) is 25.9 Å². The number of benzene rings is 1. The van der Waals surface area contributed by atoms with E-state index in [-0.39, 0.29) is 0 Å². The van der Waals surface area contributed by atoms with Gasteiger partial charge in [-0.15, -0.1) is 0 Å². The van der Waals surface area contributed by atoms with E-state index in [9.17, 15) is 14.6 Å². The van der Waals surface area contributed by atoms with Gasteiger partial charge in [0, 0.05) is 0 Å². The molecule has 1 atom stereocenters. The Morgan fingerprint density at radius 3 is 2.82 bits per heavy atom. The predicted octanol–water partition coefficient (Wildman–Crippen LogP) is 2.09. The molecule has 0 radical (unpaired) electrons. The molecule has 3 nitrogen and oxygen atoms in total. The van der Waals surface area contributed by atoms with Crippen LogP contribution < -0.4 is 5.32 Å². The number of aromatic hydroxyl groups is 2. The van der Waals surface area contributed by atoms with E-state index in [1.807, 2.05) is 0 Å². The largest absolute Gasteiger partial charge is 0.505 e. The summed E-state index contributed by atoms with van der Waals surface area (Å²) in [4.78, 5) is 0. The van der Waals surface area contributed by atoms with E-state index in [2.05, 4.69) is 5.32 Å². The van der Waals surface area contributed by atoms with Crippen LogP contribution in [0.5, 0.6) is 11.5 Å². The number of halogens is 1. The molecule has 1 saturated heterocycles. The Balaban J connectivity index is 2.20. The fourth-order valence-corrected chi connectivity index (χ4v) is 2.39. The summed E-state index contributed by atoms with van der Waals surface area (Å²) in [5, 5.41) is 22.3. The second kappa shape index (κ2) is 4.92. The number of rotatable bonds is 2. The van der Waals surface area contributed by atoms with Crippen molar-refractivity contribution in [2.45, 2.75) is 26.2 Å². The van der Waals surface area contributed by atoms with Crippen LogP contribution in [0.25, 0.3) is 0 Å². The Hall–Kier alpha value is -1.29. The van der Waals surface area contributed by atoms with Crippen LogP contribution >= 0.6 is 0 Å². The number of phenols is 2. The summed E-state index contributed by atoms with van der Waals surface area (Å²) in [5.41, 5.74) is 1.06. The molecule has 1 aliphatic rings. The van der Waals surface area contributed by atoms with Crippen LogP contribution in [0.1, 0.15) is 24.0 Å². The maximum Gasteiger partial charge on any atom is 0.206 e. The van der Waals surface area contributed by atoms with Crippen molar-refractivity contribution in [2.24, 2.45) is 5.92 Å². The highest BCUT2D eigenvalue weighted by Gasteiger charge is 2.19. The first kappa shape index (κ1) is 12.2. The fraction of sp³-hybridized carbons (Fsp3) is 0.538. The molecular weight excluding hydrogens is 221 g/mol. The van der Waals surface area contributed by atoms with Crippen molar-refractivity contribution in [3.05, 3.63) is 23.0 Å². The SMILES string of the molecule is Cc1cc(CC2CCCNC2)c(O)c(F)c1O. The maximum absolute atomic E-state index is 13.5. The Morgan fingerprint density at radius 1 is 1.41 bits per heavy atom. The molecule has 0 bridgehead atoms. The highest BCUT2D eigenvalue weighted by atomic mass is 19.1. The molecule has 0 saturated carbocycles. The number of hydrogen-bond donors (Lipinski definition) is 3. The lowest BCUT2D eigenvalue weighted by atomic mass is 9.91. The van der Waals surface area contributed by atoms with Gasteiger partial charge in [0.1, 0.15) is 0 Å². The van der Waals surface area contributed by atoms with Crippen molar-refractivity contribution in [1.82, 2.24) is 5.32 Å². The molecular formula is C13H18FNO2. The van der Waals surface area contributed by atoms with Crippen molar-refractivity contribution in [3.63, 3.8) is 0 Å². The van der Waals surface area contributed by atoms with Gasteiger partial charge in [0.2, 0.25) is 5.82 Å². The zero-order chi connectivity index (χ0) is 12.4. The Morgan fingerprint density at radius 2 is 2.18 bits per heavy atom. The number of hydrogen-bond acceptors (Lipinski definition) is 3. The molecule has 17 heavy (non-hydrogen) atoms. The van der Waals surface area contributed by atoms with Gasteiger partial charge in [-0.05, 0) is 62.4 Å². The lowest BCUT2D eigenvalue weighted by Gasteiger charge is -2.23. The number of nitrogens with one attached hydrogen (secondary N) is 1. The van der Waals surface area contributed by atoms with E-state index in [1.54, 1.807) is 13.0 Å². The summed E-state index contributed by atoms with van der Waals surface area (Å²) in [6.07, 6.45) is 2.86. The molecule has 1 unspecified atom stereocenters. The highest BCUT2D eigenvalue weighted by Crippen LogP contribution is 2.33. The van der Waals surface area contributed by atoms with Gasteiger partial charge in [0.15, 0.2) is 11.5 Å². The normalized spacial score (nSPS) is 20.5. The summed E-state index contributed by atoms with van der Waals surface area (Å²) in [7, 11) is 0. The van der Waals surface area contributed by atoms with Gasteiger partial charge in [-0.3, -0.25) is 0 Å². The van der Waals surface area contributed by atoms with E-state index < -0.39 is 17.3 Å². The van der Waals surface area contributed by atoms with E-state index in [4.69, 9.17) is 0 Å². The van der Waals surface area contributed by atoms with Gasteiger partial charge in [0.05, 0.1) is 0 Å². The summed E-state index contributed by atoms with van der Waals surface area (Å²) < 4.78 is 13.5. The number of aryl methyl sites for hydroxylation is 1. The van der Waals surface area contributed by atoms with Crippen LogP contribution in [0.4, 0.5) is 4.39 Å². The van der Waals surface area contributed by atoms with Crippen molar-refractivity contribution < 1.29 is 14.6 Å². The second-order valence-electron chi connectivity index (χ2n) is 4.78. The Kier molecular flexibility index (Phi) is 3.52. The predicted molar refractivity (Wildman–Crippen MR) is 63.8 cm³/mol. The Labute approximate surface area is 100 Å². The number of phenolic OH excluding ortho intramolecular Hbond substituents is 2. The van der Waals surface area contributed by atoms with Crippen molar-refractivity contribution in [2.75, 3.05) is 13.1 Å². The molecule has 1 aliphatic heterocycles. The molecule has 94 valence electrons. The summed E-state index contributed by atoms with van der Waals surface area (Å²) >= 11 is 0. The van der Waals surface area contributed by atoms with Crippen LogP contribution in [-0.4, -0.2) is 23.3 Å². The van der Waals surface area contributed by atoms with Crippen molar-refractivity contribution in [1.29, 1.82) is 0 Å². The van der Waals surface area contributed by atoms with Crippen LogP contribution in [-0.2, 0) is 6.42 Å². The molecule has 4 heteroatoms. The molecule has 0 aliphatic carbocycles. The van der Waals surface area contributed by atoms with Gasteiger partial charge in [-0.25, -0.2) is 0 Å². The molecule has 1 heterocycles. The average Bonchev–Trinajstić information content (AvgIpc) is 2.35. The van der Waals surface area contributed by atoms with Crippen LogP contribution in [0, 0.1) is 18.7 Å². The second-order valence-corrected chi connectivity index (χ2v) is 4.78. The van der Waals surface area contributed by atoms with Gasteiger partial charge < -0.3 is 15.5 Å². The third-order valence-electron chi connectivity index (χ3n) is 3.39. The zero-order valence-corrected chi connectivity index (χ0v) is 9.96. The third-order valence-corrected chi connectivity index (χ3v) is 3.39. The van der Waals surface area contributed by atoms with Crippen LogP contribution in [0.15, 0.2) is 6.07 Å². The smallest absolute Gasteiger partial charge is 0.206 e. The van der Waals surface area contributed by atoms with Crippen LogP contribution in [0.3, 0.4) is 0 Å². The first-order chi connectivity index (χ1) is 8.09. The first-order valence-corrected chi connectivity index (χ1v) is 6.00. The molecule has 1 aromatic rings. The molecule has 0 amide bonds. The van der Waals surface area contributed by atoms with Gasteiger partial charge in [-0.1, -0.05) is 0 Å². The lowest BCUT2D eigenvalue weighted by molar-refractivity contribution is 0.357. The molecule has 3 N–H and O–H groups in total. The topological polar surface area (TPSA) is 52.5 Å². The van der Waals surface area contributed by atoms with Gasteiger partial charge in [-0.2, -0.15) is 4.39 Å². The quantitative estimate of drug-likeness (QED) is 0.740. The van der Waals surface area contributed by atoms with Gasteiger partial charge >= 0.3 is 0 Å². The summed E-state index contributed by atoms with van der Waals surface area (Å²) in [5.74, 6) is -1.33. The standard InChI is InChI=1S/C13H18FNO2/c1-8-5-10(13(17)11(14)12(8)16)6-9-3-2-4-15-7-9/h5,9,15-17H,2-4,6-7H2,1H3. The maximum atomic E-state index is 13.5. The minimum Gasteiger partial charge on any atom is -0.505 e. The summed E-state index contributed by atoms with van der Waals surface area (Å²) in [6.45, 7) is 3.58. The van der Waals surface area contributed by atoms with E-state index in [1.165, 1.54) is 0 Å². The minimum absolute atomic E-state index is 0.404. The number of piperidine rings is 1. The first-order valence-electron chi connectivity index (χ1n) is 6.00. The molecule has 2 rings (SSSR count). The Bertz CT molecular complexity index is 414. The van der Waals surface area contributed by atoms with E-state index >= 15 is 0 Å². The fourth-order valence-electron chi connectivity index (χ4n) is 2.39. The lowest BCUT2D eigenvalue weighted by Crippen LogP contribution is -2.30. The van der Waals surface area contributed by atoms with Crippen LogP contribution in [0.2, 0.25) is 0 Å². The zero-order valence-electron chi connectivity index (χ0n) is 9.96.